The molecule has 5 amide bonds. The van der Waals surface area contributed by atoms with Crippen molar-refractivity contribution in [3.8, 4) is 0 Å². The Labute approximate surface area is 199 Å². The lowest BCUT2D eigenvalue weighted by atomic mass is 9.73. The molecule has 1 saturated heterocycles. The number of para-hydroxylation sites is 1. The van der Waals surface area contributed by atoms with Crippen LogP contribution in [0, 0.1) is 5.92 Å². The molecule has 2 aromatic rings. The van der Waals surface area contributed by atoms with Crippen LogP contribution in [-0.2, 0) is 16.0 Å². The molecule has 4 rings (SSSR count). The van der Waals surface area contributed by atoms with Gasteiger partial charge in [-0.15, -0.1) is 0 Å². The lowest BCUT2D eigenvalue weighted by Gasteiger charge is -2.36. The Morgan fingerprint density at radius 3 is 2.56 bits per heavy atom. The third kappa shape index (κ3) is 4.81. The van der Waals surface area contributed by atoms with Gasteiger partial charge in [-0.3, -0.25) is 19.3 Å². The van der Waals surface area contributed by atoms with Crippen molar-refractivity contribution in [3.63, 3.8) is 0 Å². The number of carbonyl (C=O) groups excluding carboxylic acids is 4. The van der Waals surface area contributed by atoms with E-state index in [4.69, 9.17) is 0 Å². The summed E-state index contributed by atoms with van der Waals surface area (Å²) >= 11 is 0. The monoisotopic (exact) mass is 462 g/mol. The van der Waals surface area contributed by atoms with Crippen LogP contribution in [0.3, 0.4) is 0 Å². The highest BCUT2D eigenvalue weighted by Gasteiger charge is 2.55. The maximum atomic E-state index is 13.1. The third-order valence-electron chi connectivity index (χ3n) is 6.79. The highest BCUT2D eigenvalue weighted by Crippen LogP contribution is 2.38. The van der Waals surface area contributed by atoms with Crippen molar-refractivity contribution in [3.05, 3.63) is 65.7 Å². The second-order valence-corrected chi connectivity index (χ2v) is 9.02. The van der Waals surface area contributed by atoms with Crippen LogP contribution in [0.2, 0.25) is 0 Å². The van der Waals surface area contributed by atoms with Crippen LogP contribution in [0.4, 0.5) is 10.5 Å². The van der Waals surface area contributed by atoms with Crippen LogP contribution in [0.15, 0.2) is 54.6 Å². The smallest absolute Gasteiger partial charge is 0.325 e. The Hall–Kier alpha value is -3.68. The molecule has 0 radical (unpaired) electrons. The molecule has 8 nitrogen and oxygen atoms in total. The topological polar surface area (TPSA) is 108 Å². The molecule has 178 valence electrons. The maximum Gasteiger partial charge on any atom is 0.325 e. The fourth-order valence-electron chi connectivity index (χ4n) is 4.82. The van der Waals surface area contributed by atoms with E-state index in [2.05, 4.69) is 16.0 Å². The first-order valence-electron chi connectivity index (χ1n) is 11.8. The van der Waals surface area contributed by atoms with Crippen molar-refractivity contribution in [2.75, 3.05) is 18.4 Å². The Bertz CT molecular complexity index is 1090. The minimum absolute atomic E-state index is 0.0195. The minimum Gasteiger partial charge on any atom is -0.352 e. The first kappa shape index (κ1) is 23.5. The number of carbonyl (C=O) groups is 4. The number of benzene rings is 2. The molecule has 34 heavy (non-hydrogen) atoms. The largest absolute Gasteiger partial charge is 0.352 e. The van der Waals surface area contributed by atoms with Gasteiger partial charge >= 0.3 is 6.03 Å². The van der Waals surface area contributed by atoms with Crippen molar-refractivity contribution in [1.29, 1.82) is 0 Å². The van der Waals surface area contributed by atoms with E-state index in [1.165, 1.54) is 0 Å². The van der Waals surface area contributed by atoms with Crippen molar-refractivity contribution in [1.82, 2.24) is 15.5 Å². The molecule has 0 bridgehead atoms. The summed E-state index contributed by atoms with van der Waals surface area (Å²) in [4.78, 5) is 52.1. The molecule has 2 aromatic carbocycles. The zero-order chi connectivity index (χ0) is 24.1. The van der Waals surface area contributed by atoms with Gasteiger partial charge in [0.05, 0.1) is 11.3 Å². The van der Waals surface area contributed by atoms with E-state index < -0.39 is 24.0 Å². The number of nitrogens with one attached hydrogen (secondary N) is 3. The van der Waals surface area contributed by atoms with Gasteiger partial charge in [0.1, 0.15) is 12.1 Å². The summed E-state index contributed by atoms with van der Waals surface area (Å²) in [6.07, 6.45) is 4.02. The summed E-state index contributed by atoms with van der Waals surface area (Å²) in [5.41, 5.74) is 0.852. The minimum atomic E-state index is -0.911. The van der Waals surface area contributed by atoms with Crippen LogP contribution in [0.1, 0.15) is 48.5 Å². The standard InChI is InChI=1S/C26H30N4O4/c1-18-9-7-8-15-26(18)24(33)30(25(34)29-26)17-22(31)28-21-13-6-5-12-20(21)23(32)27-16-14-19-10-3-2-4-11-19/h2-6,10-13,18H,7-9,14-17H2,1H3,(H,27,32)(H,28,31)(H,29,34)/t18-,26-/m0/s1. The number of anilines is 1. The van der Waals surface area contributed by atoms with Gasteiger partial charge < -0.3 is 16.0 Å². The molecule has 2 atom stereocenters. The summed E-state index contributed by atoms with van der Waals surface area (Å²) in [5, 5.41) is 8.42. The summed E-state index contributed by atoms with van der Waals surface area (Å²) in [6, 6.07) is 16.0. The van der Waals surface area contributed by atoms with E-state index >= 15 is 0 Å². The molecule has 0 unspecified atom stereocenters. The second kappa shape index (κ2) is 10.1. The van der Waals surface area contributed by atoms with Crippen LogP contribution in [0.25, 0.3) is 0 Å². The van der Waals surface area contributed by atoms with E-state index in [-0.39, 0.29) is 17.7 Å². The molecular formula is C26H30N4O4. The average molecular weight is 463 g/mol. The molecule has 1 saturated carbocycles. The zero-order valence-electron chi connectivity index (χ0n) is 19.3. The van der Waals surface area contributed by atoms with Crippen molar-refractivity contribution in [2.24, 2.45) is 5.92 Å². The van der Waals surface area contributed by atoms with Crippen LogP contribution in [0.5, 0.6) is 0 Å². The van der Waals surface area contributed by atoms with Crippen LogP contribution in [-0.4, -0.2) is 47.3 Å². The van der Waals surface area contributed by atoms with E-state index in [9.17, 15) is 19.2 Å². The highest BCUT2D eigenvalue weighted by molar-refractivity contribution is 6.11. The molecule has 3 N–H and O–H groups in total. The molecule has 2 fully saturated rings. The van der Waals surface area contributed by atoms with E-state index in [1.54, 1.807) is 24.3 Å². The zero-order valence-corrected chi connectivity index (χ0v) is 19.3. The molecule has 1 spiro atoms. The second-order valence-electron chi connectivity index (χ2n) is 9.02. The molecule has 0 aromatic heterocycles. The molecule has 1 heterocycles. The fraction of sp³-hybridized carbons (Fsp3) is 0.385. The molecule has 2 aliphatic rings. The van der Waals surface area contributed by atoms with Crippen molar-refractivity contribution < 1.29 is 19.2 Å². The molecular weight excluding hydrogens is 432 g/mol. The summed E-state index contributed by atoms with van der Waals surface area (Å²) in [7, 11) is 0. The Balaban J connectivity index is 1.37. The third-order valence-corrected chi connectivity index (χ3v) is 6.79. The maximum absolute atomic E-state index is 13.1. The Kier molecular flexibility index (Phi) is 6.95. The normalized spacial score (nSPS) is 21.9. The SMILES string of the molecule is C[C@H]1CCCC[C@]12NC(=O)N(CC(=O)Nc1ccccc1C(=O)NCCc1ccccc1)C2=O. The van der Waals surface area contributed by atoms with Gasteiger partial charge in [0.25, 0.3) is 11.8 Å². The van der Waals surface area contributed by atoms with Crippen LogP contribution < -0.4 is 16.0 Å². The summed E-state index contributed by atoms with van der Waals surface area (Å²) in [5.74, 6) is -1.16. The first-order chi connectivity index (χ1) is 16.4. The van der Waals surface area contributed by atoms with Gasteiger partial charge in [-0.05, 0) is 42.9 Å². The molecule has 1 aliphatic carbocycles. The van der Waals surface area contributed by atoms with Crippen molar-refractivity contribution in [2.45, 2.75) is 44.6 Å². The van der Waals surface area contributed by atoms with Gasteiger partial charge in [0.15, 0.2) is 0 Å². The Morgan fingerprint density at radius 1 is 1.06 bits per heavy atom. The molecule has 1 aliphatic heterocycles. The number of nitrogens with zero attached hydrogens (tertiary/aromatic N) is 1. The van der Waals surface area contributed by atoms with Crippen LogP contribution >= 0.6 is 0 Å². The number of imide groups is 1. The number of hydrogen-bond donors (Lipinski definition) is 3. The van der Waals surface area contributed by atoms with Gasteiger partial charge in [-0.2, -0.15) is 0 Å². The number of hydrogen-bond acceptors (Lipinski definition) is 4. The number of rotatable bonds is 7. The Morgan fingerprint density at radius 2 is 1.79 bits per heavy atom. The van der Waals surface area contributed by atoms with E-state index in [0.717, 1.165) is 29.7 Å². The molecule has 8 heteroatoms. The van der Waals surface area contributed by atoms with Gasteiger partial charge in [-0.25, -0.2) is 4.79 Å². The summed E-state index contributed by atoms with van der Waals surface area (Å²) in [6.45, 7) is 2.02. The predicted molar refractivity (Wildman–Crippen MR) is 128 cm³/mol. The summed E-state index contributed by atoms with van der Waals surface area (Å²) < 4.78 is 0. The first-order valence-corrected chi connectivity index (χ1v) is 11.8. The van der Waals surface area contributed by atoms with Crippen molar-refractivity contribution >= 4 is 29.4 Å². The van der Waals surface area contributed by atoms with Gasteiger partial charge in [-0.1, -0.05) is 62.2 Å². The quantitative estimate of drug-likeness (QED) is 0.550. The average Bonchev–Trinajstić information content (AvgIpc) is 3.06. The lowest BCUT2D eigenvalue weighted by Crippen LogP contribution is -2.54. The van der Waals surface area contributed by atoms with E-state index in [1.807, 2.05) is 37.3 Å². The number of urea groups is 1. The fourth-order valence-corrected chi connectivity index (χ4v) is 4.82. The highest BCUT2D eigenvalue weighted by atomic mass is 16.2. The number of amides is 5. The lowest BCUT2D eigenvalue weighted by molar-refractivity contribution is -0.136. The van der Waals surface area contributed by atoms with Gasteiger partial charge in [0, 0.05) is 6.54 Å². The predicted octanol–water partition coefficient (Wildman–Crippen LogP) is 3.10. The van der Waals surface area contributed by atoms with Gasteiger partial charge in [0.2, 0.25) is 5.91 Å². The van der Waals surface area contributed by atoms with E-state index in [0.29, 0.717) is 30.6 Å².